The van der Waals surface area contributed by atoms with Crippen LogP contribution in [0.4, 0.5) is 5.69 Å². The van der Waals surface area contributed by atoms with E-state index >= 15 is 0 Å². The highest BCUT2D eigenvalue weighted by atomic mass is 16.5. The highest BCUT2D eigenvalue weighted by Crippen LogP contribution is 2.48. The van der Waals surface area contributed by atoms with Crippen LogP contribution in [-0.2, 0) is 19.9 Å². The van der Waals surface area contributed by atoms with E-state index in [1.807, 2.05) is 13.0 Å². The summed E-state index contributed by atoms with van der Waals surface area (Å²) in [5.74, 6) is -0.0257. The van der Waals surface area contributed by atoms with Crippen molar-refractivity contribution in [2.24, 2.45) is 5.41 Å². The predicted molar refractivity (Wildman–Crippen MR) is 130 cm³/mol. The Kier molecular flexibility index (Phi) is 6.23. The number of fused-ring (bicyclic) bond motifs is 1. The SMILES string of the molecule is COc1ccc(C2(O)c3c(ccc(/C=C/[C@]4(C)CCC(C)(C)CO4)c3O)NC(=O)[C@@H]2OC)cc1. The van der Waals surface area contributed by atoms with Gasteiger partial charge in [-0.2, -0.15) is 0 Å². The Morgan fingerprint density at radius 1 is 1.09 bits per heavy atom. The molecule has 3 N–H and O–H groups in total. The number of carbonyl (C=O) groups excluding carboxylic acids is 1. The molecule has 7 nitrogen and oxygen atoms in total. The number of phenols is 1. The van der Waals surface area contributed by atoms with Crippen LogP contribution in [0, 0.1) is 5.41 Å². The van der Waals surface area contributed by atoms with Crippen LogP contribution in [-0.4, -0.2) is 48.7 Å². The standard InChI is InChI=1S/C27H33NO6/c1-25(2)14-15-26(3,34-16-25)13-12-17-6-11-20-21(22(17)29)27(31,23(33-5)24(30)28-20)18-7-9-19(32-4)10-8-18/h6-13,23,29,31H,14-16H2,1-5H3,(H,28,30)/b13-12+/t23-,26+,27?/m0/s1. The summed E-state index contributed by atoms with van der Waals surface area (Å²) in [6.07, 6.45) is 4.38. The van der Waals surface area contributed by atoms with E-state index in [4.69, 9.17) is 14.2 Å². The summed E-state index contributed by atoms with van der Waals surface area (Å²) >= 11 is 0. The minimum absolute atomic E-state index is 0.131. The number of methoxy groups -OCH3 is 2. The van der Waals surface area contributed by atoms with Crippen LogP contribution >= 0.6 is 0 Å². The maximum Gasteiger partial charge on any atom is 0.257 e. The first kappa shape index (κ1) is 24.3. The second kappa shape index (κ2) is 8.73. The lowest BCUT2D eigenvalue weighted by Crippen LogP contribution is -2.52. The molecule has 182 valence electrons. The Hall–Kier alpha value is -2.87. The molecule has 0 radical (unpaired) electrons. The van der Waals surface area contributed by atoms with Crippen molar-refractivity contribution in [3.63, 3.8) is 0 Å². The lowest BCUT2D eigenvalue weighted by atomic mass is 9.76. The van der Waals surface area contributed by atoms with E-state index in [1.54, 1.807) is 49.6 Å². The van der Waals surface area contributed by atoms with E-state index in [1.165, 1.54) is 7.11 Å². The number of nitrogens with one attached hydrogen (secondary N) is 1. The van der Waals surface area contributed by atoms with Gasteiger partial charge in [-0.25, -0.2) is 0 Å². The first-order chi connectivity index (χ1) is 16.0. The lowest BCUT2D eigenvalue weighted by molar-refractivity contribution is -0.142. The largest absolute Gasteiger partial charge is 0.507 e. The van der Waals surface area contributed by atoms with Crippen LogP contribution in [0.1, 0.15) is 50.3 Å². The summed E-state index contributed by atoms with van der Waals surface area (Å²) < 4.78 is 16.8. The molecule has 1 amide bonds. The number of benzene rings is 2. The Morgan fingerprint density at radius 2 is 1.79 bits per heavy atom. The van der Waals surface area contributed by atoms with Crippen LogP contribution in [0.5, 0.6) is 11.5 Å². The van der Waals surface area contributed by atoms with Crippen molar-refractivity contribution >= 4 is 17.7 Å². The molecule has 2 aliphatic heterocycles. The highest BCUT2D eigenvalue weighted by Gasteiger charge is 2.51. The smallest absolute Gasteiger partial charge is 0.257 e. The van der Waals surface area contributed by atoms with E-state index in [2.05, 4.69) is 19.2 Å². The molecular formula is C27H33NO6. The molecule has 0 aliphatic carbocycles. The number of hydrogen-bond acceptors (Lipinski definition) is 6. The molecule has 0 aromatic heterocycles. The number of anilines is 1. The number of phenolic OH excluding ortho intramolecular Hbond substituents is 1. The highest BCUT2D eigenvalue weighted by molar-refractivity contribution is 6.00. The summed E-state index contributed by atoms with van der Waals surface area (Å²) in [4.78, 5) is 12.8. The first-order valence-electron chi connectivity index (χ1n) is 11.4. The van der Waals surface area contributed by atoms with Gasteiger partial charge in [0.25, 0.3) is 5.91 Å². The number of ether oxygens (including phenoxy) is 3. The third-order valence-electron chi connectivity index (χ3n) is 6.94. The van der Waals surface area contributed by atoms with Gasteiger partial charge in [-0.3, -0.25) is 4.79 Å². The average Bonchev–Trinajstić information content (AvgIpc) is 2.81. The monoisotopic (exact) mass is 467 g/mol. The van der Waals surface area contributed by atoms with E-state index in [-0.39, 0.29) is 16.7 Å². The molecule has 2 heterocycles. The second-order valence-electron chi connectivity index (χ2n) is 10.1. The fraction of sp³-hybridized carbons (Fsp3) is 0.444. The third kappa shape index (κ3) is 4.19. The van der Waals surface area contributed by atoms with Gasteiger partial charge in [0.15, 0.2) is 11.7 Å². The van der Waals surface area contributed by atoms with Gasteiger partial charge in [0.05, 0.1) is 30.6 Å². The number of amides is 1. The zero-order valence-electron chi connectivity index (χ0n) is 20.3. The number of aromatic hydroxyl groups is 1. The molecule has 0 saturated carbocycles. The predicted octanol–water partition coefficient (Wildman–Crippen LogP) is 4.21. The van der Waals surface area contributed by atoms with Crippen molar-refractivity contribution in [3.8, 4) is 11.5 Å². The Labute approximate surface area is 200 Å². The summed E-state index contributed by atoms with van der Waals surface area (Å²) in [6, 6.07) is 10.1. The maximum atomic E-state index is 12.8. The summed E-state index contributed by atoms with van der Waals surface area (Å²) in [7, 11) is 2.90. The quantitative estimate of drug-likeness (QED) is 0.610. The van der Waals surface area contributed by atoms with Crippen molar-refractivity contribution in [1.29, 1.82) is 0 Å². The molecule has 4 rings (SSSR count). The van der Waals surface area contributed by atoms with E-state index < -0.39 is 23.2 Å². The molecule has 1 saturated heterocycles. The van der Waals surface area contributed by atoms with Crippen molar-refractivity contribution in [2.45, 2.75) is 50.9 Å². The fourth-order valence-corrected chi connectivity index (χ4v) is 4.66. The zero-order chi connectivity index (χ0) is 24.7. The molecule has 34 heavy (non-hydrogen) atoms. The molecular weight excluding hydrogens is 434 g/mol. The van der Waals surface area contributed by atoms with Gasteiger partial charge >= 0.3 is 0 Å². The van der Waals surface area contributed by atoms with Crippen molar-refractivity contribution < 1.29 is 29.2 Å². The summed E-state index contributed by atoms with van der Waals surface area (Å²) in [5, 5.41) is 26.1. The fourth-order valence-electron chi connectivity index (χ4n) is 4.66. The van der Waals surface area contributed by atoms with E-state index in [0.717, 1.165) is 12.8 Å². The van der Waals surface area contributed by atoms with Gasteiger partial charge in [0.1, 0.15) is 11.5 Å². The van der Waals surface area contributed by atoms with Crippen molar-refractivity contribution in [3.05, 3.63) is 59.2 Å². The van der Waals surface area contributed by atoms with Gasteiger partial charge in [0.2, 0.25) is 0 Å². The minimum atomic E-state index is -1.91. The van der Waals surface area contributed by atoms with Crippen molar-refractivity contribution in [2.75, 3.05) is 26.1 Å². The number of rotatable bonds is 5. The second-order valence-corrected chi connectivity index (χ2v) is 10.1. The molecule has 0 bridgehead atoms. The normalized spacial score (nSPS) is 28.4. The Morgan fingerprint density at radius 3 is 2.38 bits per heavy atom. The molecule has 2 aliphatic rings. The molecule has 3 atom stereocenters. The average molecular weight is 468 g/mol. The third-order valence-corrected chi connectivity index (χ3v) is 6.94. The minimum Gasteiger partial charge on any atom is -0.507 e. The maximum absolute atomic E-state index is 12.8. The van der Waals surface area contributed by atoms with Gasteiger partial charge in [-0.15, -0.1) is 0 Å². The summed E-state index contributed by atoms with van der Waals surface area (Å²) in [5.41, 5.74) is -0.808. The van der Waals surface area contributed by atoms with Gasteiger partial charge < -0.3 is 29.7 Å². The number of hydrogen-bond donors (Lipinski definition) is 3. The molecule has 7 heteroatoms. The zero-order valence-corrected chi connectivity index (χ0v) is 20.3. The molecule has 1 unspecified atom stereocenters. The van der Waals surface area contributed by atoms with Gasteiger partial charge in [-0.1, -0.05) is 38.1 Å². The lowest BCUT2D eigenvalue weighted by Gasteiger charge is -2.41. The molecule has 0 spiro atoms. The Bertz CT molecular complexity index is 1100. The van der Waals surface area contributed by atoms with Crippen LogP contribution < -0.4 is 10.1 Å². The number of aliphatic hydroxyl groups is 1. The van der Waals surface area contributed by atoms with E-state index in [0.29, 0.717) is 29.2 Å². The van der Waals surface area contributed by atoms with E-state index in [9.17, 15) is 15.0 Å². The van der Waals surface area contributed by atoms with Crippen LogP contribution in [0.25, 0.3) is 6.08 Å². The van der Waals surface area contributed by atoms with Crippen LogP contribution in [0.15, 0.2) is 42.5 Å². The van der Waals surface area contributed by atoms with Crippen molar-refractivity contribution in [1.82, 2.24) is 0 Å². The first-order valence-corrected chi connectivity index (χ1v) is 11.4. The molecule has 2 aromatic rings. The molecule has 2 aromatic carbocycles. The molecule has 1 fully saturated rings. The van der Waals surface area contributed by atoms with Gasteiger partial charge in [0, 0.05) is 12.7 Å². The topological polar surface area (TPSA) is 97.3 Å². The van der Waals surface area contributed by atoms with Crippen LogP contribution in [0.2, 0.25) is 0 Å². The summed E-state index contributed by atoms with van der Waals surface area (Å²) in [6.45, 7) is 7.06. The van der Waals surface area contributed by atoms with Gasteiger partial charge in [-0.05, 0) is 55.0 Å². The number of carbonyl (C=O) groups is 1. The Balaban J connectivity index is 1.78. The van der Waals surface area contributed by atoms with Crippen LogP contribution in [0.3, 0.4) is 0 Å².